The van der Waals surface area contributed by atoms with E-state index in [9.17, 15) is 4.79 Å². The van der Waals surface area contributed by atoms with E-state index in [-0.39, 0.29) is 12.4 Å². The summed E-state index contributed by atoms with van der Waals surface area (Å²) in [5, 5.41) is 0.556. The fraction of sp³-hybridized carbons (Fsp3) is 0.417. The van der Waals surface area contributed by atoms with Gasteiger partial charge in [0.25, 0.3) is 0 Å². The second kappa shape index (κ2) is 6.47. The molecule has 1 aromatic carbocycles. The number of carbonyl (C=O) groups is 1. The standard InChI is InChI=1S/C12H16ClNO3/c1-3-17-12(15)7-10(14)9-6-8(13)4-5-11(9)16-2/h4-6,10H,3,7,14H2,1-2H3. The number of ether oxygens (including phenoxy) is 2. The first kappa shape index (κ1) is 13.8. The zero-order valence-corrected chi connectivity index (χ0v) is 10.7. The van der Waals surface area contributed by atoms with Crippen LogP contribution in [0.15, 0.2) is 18.2 Å². The van der Waals surface area contributed by atoms with Gasteiger partial charge in [-0.1, -0.05) is 11.6 Å². The van der Waals surface area contributed by atoms with Crippen LogP contribution in [-0.4, -0.2) is 19.7 Å². The lowest BCUT2D eigenvalue weighted by Crippen LogP contribution is -2.18. The van der Waals surface area contributed by atoms with E-state index in [1.54, 1.807) is 32.2 Å². The highest BCUT2D eigenvalue weighted by molar-refractivity contribution is 6.30. The predicted octanol–water partition coefficient (Wildman–Crippen LogP) is 2.30. The molecule has 1 atom stereocenters. The average Bonchev–Trinajstić information content (AvgIpc) is 2.29. The second-order valence-corrected chi connectivity index (χ2v) is 3.94. The molecule has 5 heteroatoms. The molecule has 2 N–H and O–H groups in total. The van der Waals surface area contributed by atoms with Crippen LogP contribution in [0.1, 0.15) is 24.9 Å². The number of hydrogen-bond acceptors (Lipinski definition) is 4. The molecule has 17 heavy (non-hydrogen) atoms. The third-order valence-corrected chi connectivity index (χ3v) is 2.52. The number of nitrogens with two attached hydrogens (primary N) is 1. The molecule has 0 saturated carbocycles. The summed E-state index contributed by atoms with van der Waals surface area (Å²) in [7, 11) is 1.55. The monoisotopic (exact) mass is 257 g/mol. The first-order valence-corrected chi connectivity index (χ1v) is 5.71. The largest absolute Gasteiger partial charge is 0.496 e. The molecule has 0 fully saturated rings. The third kappa shape index (κ3) is 3.91. The predicted molar refractivity (Wildman–Crippen MR) is 66.2 cm³/mol. The molecule has 1 aromatic rings. The number of benzene rings is 1. The molecule has 94 valence electrons. The van der Waals surface area contributed by atoms with Crippen molar-refractivity contribution in [3.05, 3.63) is 28.8 Å². The second-order valence-electron chi connectivity index (χ2n) is 3.50. The topological polar surface area (TPSA) is 61.5 Å². The van der Waals surface area contributed by atoms with E-state index >= 15 is 0 Å². The normalized spacial score (nSPS) is 12.0. The van der Waals surface area contributed by atoms with E-state index in [0.29, 0.717) is 22.9 Å². The molecule has 0 heterocycles. The van der Waals surface area contributed by atoms with Crippen molar-refractivity contribution in [1.29, 1.82) is 0 Å². The van der Waals surface area contributed by atoms with E-state index in [4.69, 9.17) is 26.8 Å². The van der Waals surface area contributed by atoms with Gasteiger partial charge in [-0.25, -0.2) is 0 Å². The van der Waals surface area contributed by atoms with Crippen molar-refractivity contribution >= 4 is 17.6 Å². The molecule has 0 spiro atoms. The molecule has 0 aliphatic carbocycles. The van der Waals surface area contributed by atoms with Crippen LogP contribution in [-0.2, 0) is 9.53 Å². The molecule has 4 nitrogen and oxygen atoms in total. The van der Waals surface area contributed by atoms with Gasteiger partial charge in [0, 0.05) is 16.6 Å². The van der Waals surface area contributed by atoms with Crippen molar-refractivity contribution in [1.82, 2.24) is 0 Å². The Morgan fingerprint density at radius 1 is 1.53 bits per heavy atom. The lowest BCUT2D eigenvalue weighted by Gasteiger charge is -2.15. The van der Waals surface area contributed by atoms with Gasteiger partial charge >= 0.3 is 5.97 Å². The van der Waals surface area contributed by atoms with Gasteiger partial charge in [0.05, 0.1) is 20.1 Å². The lowest BCUT2D eigenvalue weighted by molar-refractivity contribution is -0.143. The van der Waals surface area contributed by atoms with E-state index in [2.05, 4.69) is 0 Å². The summed E-state index contributed by atoms with van der Waals surface area (Å²) in [5.41, 5.74) is 6.63. The molecule has 0 bridgehead atoms. The van der Waals surface area contributed by atoms with Crippen molar-refractivity contribution < 1.29 is 14.3 Å². The van der Waals surface area contributed by atoms with E-state index in [0.717, 1.165) is 0 Å². The highest BCUT2D eigenvalue weighted by atomic mass is 35.5. The van der Waals surface area contributed by atoms with Crippen LogP contribution in [0.4, 0.5) is 0 Å². The zero-order chi connectivity index (χ0) is 12.8. The number of hydrogen-bond donors (Lipinski definition) is 1. The van der Waals surface area contributed by atoms with Crippen molar-refractivity contribution in [3.8, 4) is 5.75 Å². The van der Waals surface area contributed by atoms with Crippen molar-refractivity contribution in [2.24, 2.45) is 5.73 Å². The van der Waals surface area contributed by atoms with E-state index in [1.165, 1.54) is 0 Å². The molecular formula is C12H16ClNO3. The maximum Gasteiger partial charge on any atom is 0.307 e. The van der Waals surface area contributed by atoms with Crippen LogP contribution < -0.4 is 10.5 Å². The van der Waals surface area contributed by atoms with E-state index < -0.39 is 6.04 Å². The Hall–Kier alpha value is -1.26. The SMILES string of the molecule is CCOC(=O)CC(N)c1cc(Cl)ccc1OC. The third-order valence-electron chi connectivity index (χ3n) is 2.28. The highest BCUT2D eigenvalue weighted by Crippen LogP contribution is 2.28. The Labute approximate surface area is 106 Å². The van der Waals surface area contributed by atoms with Crippen LogP contribution in [0.3, 0.4) is 0 Å². The Bertz CT molecular complexity index is 395. The van der Waals surface area contributed by atoms with Gasteiger partial charge in [-0.15, -0.1) is 0 Å². The molecule has 0 saturated heterocycles. The fourth-order valence-electron chi connectivity index (χ4n) is 1.50. The zero-order valence-electron chi connectivity index (χ0n) is 9.90. The maximum atomic E-state index is 11.3. The van der Waals surface area contributed by atoms with E-state index in [1.807, 2.05) is 0 Å². The van der Waals surface area contributed by atoms with Crippen LogP contribution in [0.5, 0.6) is 5.75 Å². The Morgan fingerprint density at radius 3 is 2.82 bits per heavy atom. The quantitative estimate of drug-likeness (QED) is 0.823. The number of rotatable bonds is 5. The summed E-state index contributed by atoms with van der Waals surface area (Å²) in [4.78, 5) is 11.3. The van der Waals surface area contributed by atoms with Crippen molar-refractivity contribution in [2.45, 2.75) is 19.4 Å². The minimum Gasteiger partial charge on any atom is -0.496 e. The van der Waals surface area contributed by atoms with Crippen LogP contribution in [0, 0.1) is 0 Å². The average molecular weight is 258 g/mol. The molecule has 0 amide bonds. The number of halogens is 1. The number of esters is 1. The summed E-state index contributed by atoms with van der Waals surface area (Å²) in [6.07, 6.45) is 0.102. The molecule has 0 aromatic heterocycles. The van der Waals surface area contributed by atoms with Crippen molar-refractivity contribution in [3.63, 3.8) is 0 Å². The molecule has 1 unspecified atom stereocenters. The molecular weight excluding hydrogens is 242 g/mol. The minimum absolute atomic E-state index is 0.102. The van der Waals surface area contributed by atoms with Crippen LogP contribution in [0.25, 0.3) is 0 Å². The smallest absolute Gasteiger partial charge is 0.307 e. The van der Waals surface area contributed by atoms with Crippen molar-refractivity contribution in [2.75, 3.05) is 13.7 Å². The Morgan fingerprint density at radius 2 is 2.24 bits per heavy atom. The molecule has 0 aliphatic heterocycles. The Balaban J connectivity index is 2.83. The molecule has 0 aliphatic rings. The molecule has 0 radical (unpaired) electrons. The number of methoxy groups -OCH3 is 1. The van der Waals surface area contributed by atoms with Gasteiger partial charge in [-0.3, -0.25) is 4.79 Å². The van der Waals surface area contributed by atoms with Gasteiger partial charge in [0.15, 0.2) is 0 Å². The minimum atomic E-state index is -0.484. The summed E-state index contributed by atoms with van der Waals surface area (Å²) < 4.78 is 10.0. The van der Waals surface area contributed by atoms with Crippen LogP contribution >= 0.6 is 11.6 Å². The first-order valence-electron chi connectivity index (χ1n) is 5.33. The Kier molecular flexibility index (Phi) is 5.25. The lowest BCUT2D eigenvalue weighted by atomic mass is 10.0. The summed E-state index contributed by atoms with van der Waals surface area (Å²) >= 11 is 5.89. The first-order chi connectivity index (χ1) is 8.08. The van der Waals surface area contributed by atoms with Gasteiger partial charge < -0.3 is 15.2 Å². The summed E-state index contributed by atoms with van der Waals surface area (Å²) in [5.74, 6) is 0.285. The number of carbonyl (C=O) groups excluding carboxylic acids is 1. The summed E-state index contributed by atoms with van der Waals surface area (Å²) in [6, 6.07) is 4.65. The van der Waals surface area contributed by atoms with Gasteiger partial charge in [0.2, 0.25) is 0 Å². The van der Waals surface area contributed by atoms with Gasteiger partial charge in [-0.2, -0.15) is 0 Å². The summed E-state index contributed by atoms with van der Waals surface area (Å²) in [6.45, 7) is 2.10. The van der Waals surface area contributed by atoms with Crippen LogP contribution in [0.2, 0.25) is 5.02 Å². The molecule has 1 rings (SSSR count). The van der Waals surface area contributed by atoms with Gasteiger partial charge in [0.1, 0.15) is 5.75 Å². The fourth-order valence-corrected chi connectivity index (χ4v) is 1.68. The van der Waals surface area contributed by atoms with Gasteiger partial charge in [-0.05, 0) is 25.1 Å². The highest BCUT2D eigenvalue weighted by Gasteiger charge is 2.16. The maximum absolute atomic E-state index is 11.3.